The molecule has 1 heterocycles. The Morgan fingerprint density at radius 1 is 1.17 bits per heavy atom. The topological polar surface area (TPSA) is 54.9 Å². The normalized spacial score (nSPS) is 11.3. The molecule has 0 unspecified atom stereocenters. The second-order valence-corrected chi connectivity index (χ2v) is 5.98. The van der Waals surface area contributed by atoms with Crippen molar-refractivity contribution >= 4 is 40.9 Å². The zero-order chi connectivity index (χ0) is 17.0. The van der Waals surface area contributed by atoms with Gasteiger partial charge in [-0.1, -0.05) is 35.3 Å². The molecule has 1 aromatic carbocycles. The van der Waals surface area contributed by atoms with Crippen LogP contribution in [0.1, 0.15) is 10.4 Å². The Hall–Kier alpha value is -1.51. The Kier molecular flexibility index (Phi) is 5.72. The van der Waals surface area contributed by atoms with Gasteiger partial charge in [-0.3, -0.25) is 4.79 Å². The largest absolute Gasteiger partial charge is 0.405 e. The van der Waals surface area contributed by atoms with Crippen molar-refractivity contribution in [2.75, 3.05) is 6.54 Å². The van der Waals surface area contributed by atoms with Crippen molar-refractivity contribution in [1.82, 2.24) is 15.3 Å². The number of carbonyl (C=O) groups excluding carboxylic acids is 1. The van der Waals surface area contributed by atoms with E-state index >= 15 is 0 Å². The van der Waals surface area contributed by atoms with Crippen LogP contribution >= 0.6 is 35.0 Å². The third-order valence-corrected chi connectivity index (χ3v) is 3.75. The zero-order valence-electron chi connectivity index (χ0n) is 11.2. The van der Waals surface area contributed by atoms with Crippen LogP contribution in [0.4, 0.5) is 13.2 Å². The molecular formula is C13H8Cl2F3N3OS. The van der Waals surface area contributed by atoms with Gasteiger partial charge in [-0.25, -0.2) is 9.97 Å². The summed E-state index contributed by atoms with van der Waals surface area (Å²) in [5.41, 5.74) is 0.0708. The molecule has 0 saturated heterocycles. The second kappa shape index (κ2) is 7.37. The lowest BCUT2D eigenvalue weighted by molar-refractivity contribution is -0.123. The summed E-state index contributed by atoms with van der Waals surface area (Å²) < 4.78 is 36.6. The van der Waals surface area contributed by atoms with Gasteiger partial charge < -0.3 is 5.32 Å². The first-order chi connectivity index (χ1) is 10.7. The first kappa shape index (κ1) is 17.8. The van der Waals surface area contributed by atoms with Gasteiger partial charge in [-0.05, 0) is 23.9 Å². The summed E-state index contributed by atoms with van der Waals surface area (Å²) in [6.45, 7) is -1.41. The van der Waals surface area contributed by atoms with E-state index in [1.54, 1.807) is 18.2 Å². The molecule has 0 aliphatic carbocycles. The van der Waals surface area contributed by atoms with E-state index in [1.165, 1.54) is 12.1 Å². The Morgan fingerprint density at radius 3 is 2.39 bits per heavy atom. The van der Waals surface area contributed by atoms with Gasteiger partial charge >= 0.3 is 6.18 Å². The number of amides is 1. The summed E-state index contributed by atoms with van der Waals surface area (Å²) in [5, 5.41) is 2.23. The Bertz CT molecular complexity index is 708. The lowest BCUT2D eigenvalue weighted by Gasteiger charge is -2.11. The minimum atomic E-state index is -4.48. The number of halogens is 5. The molecule has 1 amide bonds. The molecule has 0 aliphatic heterocycles. The van der Waals surface area contributed by atoms with Gasteiger partial charge in [-0.2, -0.15) is 13.2 Å². The van der Waals surface area contributed by atoms with E-state index in [9.17, 15) is 18.0 Å². The SMILES string of the molecule is O=C(NCC(F)(F)F)c1ccccc1Sc1nc(Cl)cc(Cl)n1. The van der Waals surface area contributed by atoms with Crippen LogP contribution in [0.3, 0.4) is 0 Å². The highest BCUT2D eigenvalue weighted by Crippen LogP contribution is 2.29. The van der Waals surface area contributed by atoms with Crippen molar-refractivity contribution in [2.24, 2.45) is 0 Å². The average molecular weight is 382 g/mol. The number of benzene rings is 1. The van der Waals surface area contributed by atoms with Gasteiger partial charge in [-0.15, -0.1) is 0 Å². The maximum absolute atomic E-state index is 12.2. The number of hydrogen-bond donors (Lipinski definition) is 1. The number of rotatable bonds is 4. The van der Waals surface area contributed by atoms with Crippen molar-refractivity contribution in [3.63, 3.8) is 0 Å². The molecule has 0 spiro atoms. The van der Waals surface area contributed by atoms with Gasteiger partial charge in [0, 0.05) is 11.0 Å². The molecule has 122 valence electrons. The molecule has 4 nitrogen and oxygen atoms in total. The molecule has 1 aromatic heterocycles. The molecular weight excluding hydrogens is 374 g/mol. The Balaban J connectivity index is 2.21. The molecule has 0 radical (unpaired) electrons. The molecule has 1 N–H and O–H groups in total. The summed E-state index contributed by atoms with van der Waals surface area (Å²) in [6, 6.07) is 7.48. The van der Waals surface area contributed by atoms with Gasteiger partial charge in [0.15, 0.2) is 5.16 Å². The smallest absolute Gasteiger partial charge is 0.343 e. The molecule has 0 fully saturated rings. The van der Waals surface area contributed by atoms with Crippen LogP contribution in [-0.4, -0.2) is 28.6 Å². The number of carbonyl (C=O) groups is 1. The maximum atomic E-state index is 12.2. The van der Waals surface area contributed by atoms with Crippen LogP contribution in [0.15, 0.2) is 40.4 Å². The fourth-order valence-electron chi connectivity index (χ4n) is 1.53. The van der Waals surface area contributed by atoms with Crippen LogP contribution in [0.2, 0.25) is 10.3 Å². The fraction of sp³-hybridized carbons (Fsp3) is 0.154. The minimum absolute atomic E-state index is 0.0708. The number of alkyl halides is 3. The van der Waals surface area contributed by atoms with Crippen LogP contribution in [0.25, 0.3) is 0 Å². The summed E-state index contributed by atoms with van der Waals surface area (Å²) in [7, 11) is 0. The number of aromatic nitrogens is 2. The third kappa shape index (κ3) is 5.56. The first-order valence-electron chi connectivity index (χ1n) is 6.06. The summed E-state index contributed by atoms with van der Waals surface area (Å²) in [4.78, 5) is 20.2. The molecule has 0 saturated carbocycles. The van der Waals surface area contributed by atoms with E-state index in [0.29, 0.717) is 4.90 Å². The molecule has 0 atom stereocenters. The Morgan fingerprint density at radius 2 is 1.78 bits per heavy atom. The molecule has 0 bridgehead atoms. The van der Waals surface area contributed by atoms with Crippen LogP contribution < -0.4 is 5.32 Å². The van der Waals surface area contributed by atoms with Crippen molar-refractivity contribution in [1.29, 1.82) is 0 Å². The van der Waals surface area contributed by atoms with Crippen LogP contribution in [-0.2, 0) is 0 Å². The average Bonchev–Trinajstić information content (AvgIpc) is 2.43. The van der Waals surface area contributed by atoms with E-state index in [4.69, 9.17) is 23.2 Å². The zero-order valence-corrected chi connectivity index (χ0v) is 13.5. The fourth-order valence-corrected chi connectivity index (χ4v) is 2.96. The first-order valence-corrected chi connectivity index (χ1v) is 7.64. The number of nitrogens with one attached hydrogen (secondary N) is 1. The van der Waals surface area contributed by atoms with Crippen LogP contribution in [0.5, 0.6) is 0 Å². The van der Waals surface area contributed by atoms with Crippen molar-refractivity contribution in [3.8, 4) is 0 Å². The molecule has 10 heteroatoms. The number of hydrogen-bond acceptors (Lipinski definition) is 4. The van der Waals surface area contributed by atoms with Gasteiger partial charge in [0.1, 0.15) is 16.9 Å². The summed E-state index contributed by atoms with van der Waals surface area (Å²) in [6.07, 6.45) is -4.48. The van der Waals surface area contributed by atoms with Gasteiger partial charge in [0.2, 0.25) is 0 Å². The third-order valence-electron chi connectivity index (χ3n) is 2.43. The van der Waals surface area contributed by atoms with Crippen molar-refractivity contribution in [3.05, 3.63) is 46.2 Å². The Labute approximate surface area is 143 Å². The molecule has 0 aliphatic rings. The predicted molar refractivity (Wildman–Crippen MR) is 81.0 cm³/mol. The highest BCUT2D eigenvalue weighted by atomic mass is 35.5. The van der Waals surface area contributed by atoms with E-state index in [0.717, 1.165) is 11.8 Å². The lowest BCUT2D eigenvalue weighted by atomic mass is 10.2. The predicted octanol–water partition coefficient (Wildman–Crippen LogP) is 4.23. The quantitative estimate of drug-likeness (QED) is 0.635. The maximum Gasteiger partial charge on any atom is 0.405 e. The van der Waals surface area contributed by atoms with Gasteiger partial charge in [0.05, 0.1) is 5.56 Å². The number of nitrogens with zero attached hydrogens (tertiary/aromatic N) is 2. The van der Waals surface area contributed by atoms with Crippen LogP contribution in [0, 0.1) is 0 Å². The molecule has 2 aromatic rings. The molecule has 2 rings (SSSR count). The standard InChI is InChI=1S/C13H8Cl2F3N3OS/c14-9-5-10(15)21-12(20-9)23-8-4-2-1-3-7(8)11(22)19-6-13(16,17)18/h1-5H,6H2,(H,19,22). The van der Waals surface area contributed by atoms with E-state index in [2.05, 4.69) is 9.97 Å². The van der Waals surface area contributed by atoms with Gasteiger partial charge in [0.25, 0.3) is 5.91 Å². The molecule has 23 heavy (non-hydrogen) atoms. The highest BCUT2D eigenvalue weighted by Gasteiger charge is 2.28. The summed E-state index contributed by atoms with van der Waals surface area (Å²) >= 11 is 12.5. The van der Waals surface area contributed by atoms with E-state index in [1.807, 2.05) is 5.32 Å². The minimum Gasteiger partial charge on any atom is -0.343 e. The monoisotopic (exact) mass is 381 g/mol. The highest BCUT2D eigenvalue weighted by molar-refractivity contribution is 7.99. The van der Waals surface area contributed by atoms with Crippen molar-refractivity contribution in [2.45, 2.75) is 16.2 Å². The van der Waals surface area contributed by atoms with E-state index in [-0.39, 0.29) is 21.0 Å². The second-order valence-electron chi connectivity index (χ2n) is 4.19. The van der Waals surface area contributed by atoms with E-state index < -0.39 is 18.6 Å². The summed E-state index contributed by atoms with van der Waals surface area (Å²) in [5.74, 6) is -0.849. The lowest BCUT2D eigenvalue weighted by Crippen LogP contribution is -2.33. The van der Waals surface area contributed by atoms with Crippen molar-refractivity contribution < 1.29 is 18.0 Å².